The summed E-state index contributed by atoms with van der Waals surface area (Å²) in [7, 11) is 0. The van der Waals surface area contributed by atoms with Crippen molar-refractivity contribution in [3.8, 4) is 0 Å². The zero-order valence-corrected chi connectivity index (χ0v) is 15.1. The van der Waals surface area contributed by atoms with Crippen LogP contribution in [0.25, 0.3) is 10.9 Å². The lowest BCUT2D eigenvalue weighted by atomic mass is 10.1. The van der Waals surface area contributed by atoms with Gasteiger partial charge in [-0.3, -0.25) is 4.68 Å². The van der Waals surface area contributed by atoms with Gasteiger partial charge in [0.25, 0.3) is 0 Å². The molecule has 0 atom stereocenters. The van der Waals surface area contributed by atoms with Crippen LogP contribution < -0.4 is 0 Å². The van der Waals surface area contributed by atoms with E-state index in [0.717, 1.165) is 10.7 Å². The Kier molecular flexibility index (Phi) is 5.01. The molecule has 0 fully saturated rings. The summed E-state index contributed by atoms with van der Waals surface area (Å²) in [5.41, 5.74) is -2.37. The van der Waals surface area contributed by atoms with Gasteiger partial charge in [-0.15, -0.1) is 0 Å². The summed E-state index contributed by atoms with van der Waals surface area (Å²) in [6.07, 6.45) is -4.86. The normalized spacial score (nSPS) is 12.5. The van der Waals surface area contributed by atoms with Crippen molar-refractivity contribution in [1.82, 2.24) is 9.78 Å². The predicted octanol–water partition coefficient (Wildman–Crippen LogP) is 5.59. The molecule has 0 bridgehead atoms. The van der Waals surface area contributed by atoms with Crippen molar-refractivity contribution >= 4 is 40.1 Å². The smallest absolute Gasteiger partial charge is 0.435 e. The highest BCUT2D eigenvalue weighted by Gasteiger charge is 2.42. The third kappa shape index (κ3) is 3.51. The number of aromatic nitrogens is 2. The fraction of sp³-hybridized carbons (Fsp3) is 0.176. The van der Waals surface area contributed by atoms with Gasteiger partial charge in [-0.2, -0.15) is 27.1 Å². The van der Waals surface area contributed by atoms with E-state index in [1.54, 1.807) is 0 Å². The summed E-state index contributed by atoms with van der Waals surface area (Å²) in [5.74, 6) is -6.72. The van der Waals surface area contributed by atoms with Crippen LogP contribution in [0, 0.1) is 0 Å². The molecule has 0 unspecified atom stereocenters. The molecule has 11 heteroatoms. The van der Waals surface area contributed by atoms with Crippen molar-refractivity contribution < 1.29 is 31.9 Å². The molecule has 0 amide bonds. The fourth-order valence-electron chi connectivity index (χ4n) is 2.66. The Morgan fingerprint density at radius 1 is 1.07 bits per heavy atom. The Balaban J connectivity index is 2.24. The maximum absolute atomic E-state index is 13.8. The Labute approximate surface area is 164 Å². The number of carboxylic acids is 1. The van der Waals surface area contributed by atoms with Gasteiger partial charge in [-0.05, 0) is 18.2 Å². The molecule has 0 aliphatic carbocycles. The van der Waals surface area contributed by atoms with Crippen molar-refractivity contribution in [1.29, 1.82) is 0 Å². The van der Waals surface area contributed by atoms with Gasteiger partial charge in [0.05, 0.1) is 12.1 Å². The number of hydrogen-bond acceptors (Lipinski definition) is 2. The standard InChI is InChI=1S/C17H9Cl2F5N2O2/c18-11-2-1-3-12(19)10(11)7-26-13-6-8(16(20,21)15(27)28)4-5-9(13)14(25-26)17(22,23)24/h1-6H,7H2,(H,27,28). The first kappa shape index (κ1) is 20.3. The minimum atomic E-state index is -4.86. The van der Waals surface area contributed by atoms with Crippen molar-refractivity contribution in [3.05, 3.63) is 63.3 Å². The van der Waals surface area contributed by atoms with E-state index in [-0.39, 0.29) is 27.7 Å². The van der Waals surface area contributed by atoms with Gasteiger partial charge >= 0.3 is 18.1 Å². The van der Waals surface area contributed by atoms with Crippen molar-refractivity contribution in [3.63, 3.8) is 0 Å². The summed E-state index contributed by atoms with van der Waals surface area (Å²) >= 11 is 12.1. The van der Waals surface area contributed by atoms with E-state index in [0.29, 0.717) is 12.1 Å². The summed E-state index contributed by atoms with van der Waals surface area (Å²) in [6, 6.07) is 6.51. The lowest BCUT2D eigenvalue weighted by Gasteiger charge is -2.12. The van der Waals surface area contributed by atoms with Crippen molar-refractivity contribution in [2.75, 3.05) is 0 Å². The van der Waals surface area contributed by atoms with Crippen LogP contribution in [0.1, 0.15) is 16.8 Å². The van der Waals surface area contributed by atoms with Gasteiger partial charge in [0, 0.05) is 26.6 Å². The monoisotopic (exact) mass is 438 g/mol. The van der Waals surface area contributed by atoms with Crippen LogP contribution >= 0.6 is 23.2 Å². The number of benzene rings is 2. The van der Waals surface area contributed by atoms with Crippen LogP contribution in [0.15, 0.2) is 36.4 Å². The molecule has 4 nitrogen and oxygen atoms in total. The zero-order valence-electron chi connectivity index (χ0n) is 13.6. The summed E-state index contributed by atoms with van der Waals surface area (Å²) in [6.45, 7) is -0.340. The highest BCUT2D eigenvalue weighted by molar-refractivity contribution is 6.36. The number of fused-ring (bicyclic) bond motifs is 1. The maximum Gasteiger partial charge on any atom is 0.435 e. The number of carboxylic acid groups (broad SMARTS) is 1. The van der Waals surface area contributed by atoms with Crippen LogP contribution in [-0.4, -0.2) is 20.9 Å². The highest BCUT2D eigenvalue weighted by atomic mass is 35.5. The van der Waals surface area contributed by atoms with E-state index in [4.69, 9.17) is 28.3 Å². The minimum Gasteiger partial charge on any atom is -0.477 e. The fourth-order valence-corrected chi connectivity index (χ4v) is 3.17. The summed E-state index contributed by atoms with van der Waals surface area (Å²) < 4.78 is 68.5. The molecule has 3 aromatic rings. The molecule has 0 aliphatic heterocycles. The van der Waals surface area contributed by atoms with Crippen molar-refractivity contribution in [2.24, 2.45) is 0 Å². The van der Waals surface area contributed by atoms with Crippen LogP contribution in [0.2, 0.25) is 10.0 Å². The molecule has 0 saturated carbocycles. The van der Waals surface area contributed by atoms with Crippen LogP contribution in [0.3, 0.4) is 0 Å². The maximum atomic E-state index is 13.8. The summed E-state index contributed by atoms with van der Waals surface area (Å²) in [5, 5.41) is 12.0. The number of halogens is 7. The highest BCUT2D eigenvalue weighted by Crippen LogP contribution is 2.38. The van der Waals surface area contributed by atoms with Gasteiger partial charge in [0.15, 0.2) is 5.69 Å². The van der Waals surface area contributed by atoms with Gasteiger partial charge < -0.3 is 5.11 Å². The first-order chi connectivity index (χ1) is 12.9. The Morgan fingerprint density at radius 2 is 1.68 bits per heavy atom. The molecule has 28 heavy (non-hydrogen) atoms. The molecule has 148 valence electrons. The van der Waals surface area contributed by atoms with E-state index in [9.17, 15) is 26.7 Å². The zero-order chi connectivity index (χ0) is 20.9. The molecular formula is C17H9Cl2F5N2O2. The lowest BCUT2D eigenvalue weighted by Crippen LogP contribution is -2.25. The minimum absolute atomic E-state index is 0.150. The molecule has 0 radical (unpaired) electrons. The topological polar surface area (TPSA) is 55.1 Å². The number of aliphatic carboxylic acids is 1. The number of carbonyl (C=O) groups is 1. The largest absolute Gasteiger partial charge is 0.477 e. The van der Waals surface area contributed by atoms with Gasteiger partial charge in [0.2, 0.25) is 0 Å². The third-order valence-corrected chi connectivity index (χ3v) is 4.73. The molecule has 0 saturated heterocycles. The molecule has 1 N–H and O–H groups in total. The number of rotatable bonds is 4. The van der Waals surface area contributed by atoms with E-state index in [1.807, 2.05) is 0 Å². The van der Waals surface area contributed by atoms with Crippen LogP contribution in [-0.2, 0) is 23.4 Å². The van der Waals surface area contributed by atoms with Gasteiger partial charge in [-0.25, -0.2) is 4.79 Å². The average molecular weight is 439 g/mol. The second-order valence-corrected chi connectivity index (χ2v) is 6.63. The Morgan fingerprint density at radius 3 is 2.21 bits per heavy atom. The molecule has 2 aromatic carbocycles. The second kappa shape index (κ2) is 6.89. The first-order valence-corrected chi connectivity index (χ1v) is 8.31. The van der Waals surface area contributed by atoms with Gasteiger partial charge in [0.1, 0.15) is 0 Å². The van der Waals surface area contributed by atoms with Crippen LogP contribution in [0.4, 0.5) is 22.0 Å². The van der Waals surface area contributed by atoms with E-state index in [1.165, 1.54) is 18.2 Å². The lowest BCUT2D eigenvalue weighted by molar-refractivity contribution is -0.166. The van der Waals surface area contributed by atoms with Gasteiger partial charge in [-0.1, -0.05) is 41.4 Å². The summed E-state index contributed by atoms with van der Waals surface area (Å²) in [4.78, 5) is 10.8. The Hall–Kier alpha value is -2.39. The number of hydrogen-bond donors (Lipinski definition) is 1. The Bertz CT molecular complexity index is 1060. The quantitative estimate of drug-likeness (QED) is 0.540. The average Bonchev–Trinajstić information content (AvgIpc) is 2.96. The molecule has 0 spiro atoms. The molecule has 3 rings (SSSR count). The number of nitrogens with zero attached hydrogens (tertiary/aromatic N) is 2. The SMILES string of the molecule is O=C(O)C(F)(F)c1ccc2c(C(F)(F)F)nn(Cc3c(Cl)cccc3Cl)c2c1. The van der Waals surface area contributed by atoms with E-state index in [2.05, 4.69) is 5.10 Å². The predicted molar refractivity (Wildman–Crippen MR) is 91.8 cm³/mol. The number of alkyl halides is 5. The van der Waals surface area contributed by atoms with E-state index < -0.39 is 34.7 Å². The van der Waals surface area contributed by atoms with Crippen LogP contribution in [0.5, 0.6) is 0 Å². The molecule has 1 heterocycles. The molecular weight excluding hydrogens is 430 g/mol. The molecule has 0 aliphatic rings. The first-order valence-electron chi connectivity index (χ1n) is 7.55. The second-order valence-electron chi connectivity index (χ2n) is 5.82. The van der Waals surface area contributed by atoms with Crippen molar-refractivity contribution in [2.45, 2.75) is 18.6 Å². The third-order valence-electron chi connectivity index (χ3n) is 4.02. The molecule has 1 aromatic heterocycles. The van der Waals surface area contributed by atoms with E-state index >= 15 is 0 Å².